The number of allylic oxidation sites excluding steroid dienone is 1. The average molecular weight is 194 g/mol. The minimum absolute atomic E-state index is 0.0821. The summed E-state index contributed by atoms with van der Waals surface area (Å²) in [5.41, 5.74) is 2.00. The quantitative estimate of drug-likeness (QED) is 0.803. The predicted molar refractivity (Wildman–Crippen MR) is 56.7 cm³/mol. The number of aryl methyl sites for hydroxylation is 1. The zero-order valence-electron chi connectivity index (χ0n) is 9.35. The van der Waals surface area contributed by atoms with Gasteiger partial charge in [0.25, 0.3) is 0 Å². The zero-order chi connectivity index (χ0) is 10.8. The Morgan fingerprint density at radius 2 is 2.21 bits per heavy atom. The summed E-state index contributed by atoms with van der Waals surface area (Å²) in [5.74, 6) is 0.836. The lowest BCUT2D eigenvalue weighted by atomic mass is 9.93. The van der Waals surface area contributed by atoms with Gasteiger partial charge in [0, 0.05) is 17.2 Å². The van der Waals surface area contributed by atoms with E-state index < -0.39 is 0 Å². The number of nitrogens with zero attached hydrogens (tertiary/aromatic N) is 1. The van der Waals surface area contributed by atoms with Crippen molar-refractivity contribution in [3.05, 3.63) is 29.8 Å². The molecule has 1 rings (SSSR count). The molecule has 1 heterocycles. The number of hydrogen-bond acceptors (Lipinski definition) is 3. The van der Waals surface area contributed by atoms with Crippen LogP contribution in [0.4, 0.5) is 0 Å². The van der Waals surface area contributed by atoms with Crippen molar-refractivity contribution >= 4 is 0 Å². The first-order chi connectivity index (χ1) is 6.39. The van der Waals surface area contributed by atoms with E-state index in [1.54, 1.807) is 0 Å². The van der Waals surface area contributed by atoms with Crippen LogP contribution in [-0.4, -0.2) is 5.16 Å². The molecule has 14 heavy (non-hydrogen) atoms. The fourth-order valence-corrected chi connectivity index (χ4v) is 0.964. The van der Waals surface area contributed by atoms with E-state index in [9.17, 15) is 0 Å². The molecule has 0 saturated carbocycles. The molecule has 3 heteroatoms. The Balaban J connectivity index is 2.46. The summed E-state index contributed by atoms with van der Waals surface area (Å²) in [7, 11) is 0. The Morgan fingerprint density at radius 1 is 1.57 bits per heavy atom. The molecule has 0 radical (unpaired) electrons. The molecular weight excluding hydrogens is 176 g/mol. The second kappa shape index (κ2) is 3.86. The second-order valence-corrected chi connectivity index (χ2v) is 4.51. The summed E-state index contributed by atoms with van der Waals surface area (Å²) in [4.78, 5) is 0. The number of nitrogens with one attached hydrogen (secondary N) is 1. The first kappa shape index (κ1) is 10.8. The maximum atomic E-state index is 4.96. The van der Waals surface area contributed by atoms with Crippen molar-refractivity contribution in [3.8, 4) is 0 Å². The third-order valence-electron chi connectivity index (χ3n) is 2.06. The lowest BCUT2D eigenvalue weighted by Gasteiger charge is -2.22. The van der Waals surface area contributed by atoms with E-state index in [1.807, 2.05) is 13.0 Å². The van der Waals surface area contributed by atoms with Crippen LogP contribution < -0.4 is 5.32 Å². The van der Waals surface area contributed by atoms with E-state index in [2.05, 4.69) is 37.8 Å². The number of hydrogen-bond donors (Lipinski definition) is 1. The van der Waals surface area contributed by atoms with Crippen molar-refractivity contribution in [2.45, 2.75) is 34.2 Å². The topological polar surface area (TPSA) is 38.1 Å². The molecule has 1 aromatic heterocycles. The monoisotopic (exact) mass is 194 g/mol. The highest BCUT2D eigenvalue weighted by atomic mass is 16.5. The Hall–Kier alpha value is -1.25. The minimum Gasteiger partial charge on any atom is -0.383 e. The van der Waals surface area contributed by atoms with Gasteiger partial charge in [-0.2, -0.15) is 0 Å². The van der Waals surface area contributed by atoms with Crippen LogP contribution in [-0.2, 0) is 6.54 Å². The third kappa shape index (κ3) is 2.91. The van der Waals surface area contributed by atoms with E-state index in [0.29, 0.717) is 6.54 Å². The Kier molecular flexibility index (Phi) is 2.99. The molecule has 0 aliphatic heterocycles. The summed E-state index contributed by atoms with van der Waals surface area (Å²) < 4.78 is 4.96. The first-order valence-electron chi connectivity index (χ1n) is 4.75. The molecule has 0 unspecified atom stereocenters. The van der Waals surface area contributed by atoms with Gasteiger partial charge in [0.15, 0.2) is 0 Å². The van der Waals surface area contributed by atoms with E-state index in [0.717, 1.165) is 17.2 Å². The number of aromatic nitrogens is 1. The summed E-state index contributed by atoms with van der Waals surface area (Å²) in [6.07, 6.45) is 0. The lowest BCUT2D eigenvalue weighted by Crippen LogP contribution is -2.23. The molecule has 0 aromatic carbocycles. The van der Waals surface area contributed by atoms with E-state index in [-0.39, 0.29) is 5.41 Å². The van der Waals surface area contributed by atoms with Crippen LogP contribution in [0.25, 0.3) is 0 Å². The molecule has 3 nitrogen and oxygen atoms in total. The van der Waals surface area contributed by atoms with Crippen LogP contribution in [0.3, 0.4) is 0 Å². The molecule has 1 N–H and O–H groups in total. The Bertz CT molecular complexity index is 320. The van der Waals surface area contributed by atoms with E-state index >= 15 is 0 Å². The van der Waals surface area contributed by atoms with Crippen molar-refractivity contribution in [2.75, 3.05) is 0 Å². The van der Waals surface area contributed by atoms with Crippen molar-refractivity contribution in [3.63, 3.8) is 0 Å². The summed E-state index contributed by atoms with van der Waals surface area (Å²) in [6, 6.07) is 1.92. The van der Waals surface area contributed by atoms with Crippen LogP contribution in [0.5, 0.6) is 0 Å². The molecule has 0 saturated heterocycles. The fourth-order valence-electron chi connectivity index (χ4n) is 0.964. The molecule has 0 bridgehead atoms. The van der Waals surface area contributed by atoms with Crippen molar-refractivity contribution in [2.24, 2.45) is 5.41 Å². The zero-order valence-corrected chi connectivity index (χ0v) is 9.35. The molecular formula is C11H18N2O. The van der Waals surface area contributed by atoms with Crippen molar-refractivity contribution < 1.29 is 4.52 Å². The van der Waals surface area contributed by atoms with Gasteiger partial charge in [0.05, 0.1) is 6.54 Å². The minimum atomic E-state index is 0.0821. The third-order valence-corrected chi connectivity index (χ3v) is 2.06. The van der Waals surface area contributed by atoms with Crippen molar-refractivity contribution in [1.82, 2.24) is 10.5 Å². The van der Waals surface area contributed by atoms with Crippen LogP contribution in [0.1, 0.15) is 32.2 Å². The van der Waals surface area contributed by atoms with Gasteiger partial charge in [0.2, 0.25) is 0 Å². The lowest BCUT2D eigenvalue weighted by molar-refractivity contribution is 0.386. The molecule has 0 atom stereocenters. The van der Waals surface area contributed by atoms with Crippen molar-refractivity contribution in [1.29, 1.82) is 0 Å². The van der Waals surface area contributed by atoms with E-state index in [4.69, 9.17) is 4.52 Å². The normalized spacial score (nSPS) is 11.4. The highest BCUT2D eigenvalue weighted by Crippen LogP contribution is 2.21. The van der Waals surface area contributed by atoms with Crippen LogP contribution in [0.15, 0.2) is 22.9 Å². The molecule has 0 amide bonds. The predicted octanol–water partition coefficient (Wildman–Crippen LogP) is 2.63. The van der Waals surface area contributed by atoms with Crippen LogP contribution >= 0.6 is 0 Å². The molecule has 1 aromatic rings. The smallest absolute Gasteiger partial charge is 0.133 e. The first-order valence-corrected chi connectivity index (χ1v) is 4.75. The standard InChI is InChI=1S/C11H18N2O/c1-8-6-10(13-14-8)7-12-9(2)11(3,4)5/h6,12H,2,7H2,1,3-5H3. The van der Waals surface area contributed by atoms with Gasteiger partial charge < -0.3 is 9.84 Å². The molecule has 0 aliphatic rings. The summed E-state index contributed by atoms with van der Waals surface area (Å²) >= 11 is 0. The maximum Gasteiger partial charge on any atom is 0.133 e. The van der Waals surface area contributed by atoms with Crippen LogP contribution in [0.2, 0.25) is 0 Å². The van der Waals surface area contributed by atoms with E-state index in [1.165, 1.54) is 0 Å². The van der Waals surface area contributed by atoms with Gasteiger partial charge in [-0.05, 0) is 6.92 Å². The van der Waals surface area contributed by atoms with Crippen LogP contribution in [0, 0.1) is 12.3 Å². The Labute approximate surface area is 85.2 Å². The molecule has 0 fully saturated rings. The van der Waals surface area contributed by atoms with Gasteiger partial charge >= 0.3 is 0 Å². The fraction of sp³-hybridized carbons (Fsp3) is 0.545. The highest BCUT2D eigenvalue weighted by molar-refractivity contribution is 5.08. The molecule has 0 spiro atoms. The van der Waals surface area contributed by atoms with Gasteiger partial charge in [-0.25, -0.2) is 0 Å². The van der Waals surface area contributed by atoms with Gasteiger partial charge in [0.1, 0.15) is 11.5 Å². The largest absolute Gasteiger partial charge is 0.383 e. The highest BCUT2D eigenvalue weighted by Gasteiger charge is 2.14. The summed E-state index contributed by atoms with van der Waals surface area (Å²) in [5, 5.41) is 7.13. The molecule has 0 aliphatic carbocycles. The number of rotatable bonds is 3. The molecule has 78 valence electrons. The van der Waals surface area contributed by atoms with Gasteiger partial charge in [-0.15, -0.1) is 0 Å². The van der Waals surface area contributed by atoms with Gasteiger partial charge in [-0.3, -0.25) is 0 Å². The summed E-state index contributed by atoms with van der Waals surface area (Å²) in [6.45, 7) is 12.9. The second-order valence-electron chi connectivity index (χ2n) is 4.51. The maximum absolute atomic E-state index is 4.96. The Morgan fingerprint density at radius 3 is 2.64 bits per heavy atom. The SMILES string of the molecule is C=C(NCc1cc(C)on1)C(C)(C)C. The van der Waals surface area contributed by atoms with Gasteiger partial charge in [-0.1, -0.05) is 32.5 Å². The average Bonchev–Trinajstić information content (AvgIpc) is 2.45.